The summed E-state index contributed by atoms with van der Waals surface area (Å²) in [5.74, 6) is 0. The number of aliphatic imine (C=N–C) groups is 1. The first-order valence-electron chi connectivity index (χ1n) is 5.86. The van der Waals surface area contributed by atoms with Crippen LogP contribution in [-0.2, 0) is 0 Å². The van der Waals surface area contributed by atoms with E-state index < -0.39 is 0 Å². The van der Waals surface area contributed by atoms with E-state index in [1.54, 1.807) is 0 Å². The molecule has 0 aromatic heterocycles. The molecule has 0 bridgehead atoms. The third-order valence-corrected chi connectivity index (χ3v) is 2.96. The lowest BCUT2D eigenvalue weighted by atomic mass is 9.79. The van der Waals surface area contributed by atoms with E-state index in [2.05, 4.69) is 54.5 Å². The summed E-state index contributed by atoms with van der Waals surface area (Å²) >= 11 is 0. The molecular weight excluding hydrogens is 182 g/mol. The van der Waals surface area contributed by atoms with E-state index >= 15 is 0 Å². The summed E-state index contributed by atoms with van der Waals surface area (Å²) in [5, 5.41) is 0. The molecular formula is C14H25N. The van der Waals surface area contributed by atoms with E-state index in [9.17, 15) is 0 Å². The van der Waals surface area contributed by atoms with E-state index in [4.69, 9.17) is 4.99 Å². The first kappa shape index (κ1) is 12.5. The van der Waals surface area contributed by atoms with Crippen LogP contribution < -0.4 is 0 Å². The first-order chi connectivity index (χ1) is 6.60. The lowest BCUT2D eigenvalue weighted by molar-refractivity contribution is 0.315. The van der Waals surface area contributed by atoms with Gasteiger partial charge in [0.05, 0.1) is 6.04 Å². The van der Waals surface area contributed by atoms with Crippen LogP contribution in [0, 0.1) is 10.8 Å². The zero-order valence-electron chi connectivity index (χ0n) is 11.3. The van der Waals surface area contributed by atoms with E-state index in [0.29, 0.717) is 6.04 Å². The molecule has 0 fully saturated rings. The van der Waals surface area contributed by atoms with Crippen molar-refractivity contribution in [2.24, 2.45) is 15.8 Å². The fourth-order valence-electron chi connectivity index (χ4n) is 1.76. The van der Waals surface area contributed by atoms with Crippen molar-refractivity contribution in [2.45, 2.75) is 60.9 Å². The molecule has 1 heterocycles. The van der Waals surface area contributed by atoms with Gasteiger partial charge in [0.1, 0.15) is 0 Å². The zero-order valence-corrected chi connectivity index (χ0v) is 11.3. The smallest absolute Gasteiger partial charge is 0.0588 e. The van der Waals surface area contributed by atoms with Crippen LogP contribution in [-0.4, -0.2) is 11.8 Å². The molecule has 1 rings (SSSR count). The average Bonchev–Trinajstić information content (AvgIpc) is 1.99. The van der Waals surface area contributed by atoms with Gasteiger partial charge in [0.15, 0.2) is 0 Å². The molecule has 15 heavy (non-hydrogen) atoms. The van der Waals surface area contributed by atoms with Crippen LogP contribution >= 0.6 is 0 Å². The number of nitrogens with zero attached hydrogens (tertiary/aromatic N) is 1. The maximum absolute atomic E-state index is 4.92. The second kappa shape index (κ2) is 3.77. The van der Waals surface area contributed by atoms with Crippen LogP contribution in [0.3, 0.4) is 0 Å². The van der Waals surface area contributed by atoms with Crippen molar-refractivity contribution in [3.05, 3.63) is 11.6 Å². The molecule has 1 heteroatoms. The second-order valence-electron chi connectivity index (χ2n) is 6.84. The molecule has 0 aliphatic carbocycles. The Kier molecular flexibility index (Phi) is 3.14. The van der Waals surface area contributed by atoms with Crippen LogP contribution in [0.5, 0.6) is 0 Å². The van der Waals surface area contributed by atoms with Gasteiger partial charge in [-0.2, -0.15) is 0 Å². The highest BCUT2D eigenvalue weighted by Crippen LogP contribution is 2.33. The number of hydrogen-bond donors (Lipinski definition) is 0. The molecule has 1 unspecified atom stereocenters. The predicted molar refractivity (Wildman–Crippen MR) is 68.5 cm³/mol. The summed E-state index contributed by atoms with van der Waals surface area (Å²) in [7, 11) is 0. The molecule has 1 nitrogen and oxygen atoms in total. The van der Waals surface area contributed by atoms with Gasteiger partial charge < -0.3 is 0 Å². The molecule has 1 aliphatic heterocycles. The quantitative estimate of drug-likeness (QED) is 0.563. The van der Waals surface area contributed by atoms with E-state index in [1.807, 2.05) is 0 Å². The van der Waals surface area contributed by atoms with E-state index in [1.165, 1.54) is 11.3 Å². The van der Waals surface area contributed by atoms with Crippen molar-refractivity contribution in [3.8, 4) is 0 Å². The normalized spacial score (nSPS) is 23.5. The van der Waals surface area contributed by atoms with Gasteiger partial charge in [0, 0.05) is 11.1 Å². The van der Waals surface area contributed by atoms with Gasteiger partial charge in [-0.15, -0.1) is 0 Å². The molecule has 1 atom stereocenters. The van der Waals surface area contributed by atoms with Crippen molar-refractivity contribution in [1.82, 2.24) is 0 Å². The monoisotopic (exact) mass is 207 g/mol. The number of allylic oxidation sites excluding steroid dienone is 1. The summed E-state index contributed by atoms with van der Waals surface area (Å²) in [4.78, 5) is 4.92. The largest absolute Gasteiger partial charge is 0.285 e. The molecule has 0 N–H and O–H groups in total. The summed E-state index contributed by atoms with van der Waals surface area (Å²) in [6.45, 7) is 15.8. The Morgan fingerprint density at radius 3 is 2.07 bits per heavy atom. The van der Waals surface area contributed by atoms with Crippen molar-refractivity contribution < 1.29 is 0 Å². The van der Waals surface area contributed by atoms with Crippen molar-refractivity contribution in [1.29, 1.82) is 0 Å². The van der Waals surface area contributed by atoms with Crippen molar-refractivity contribution in [3.63, 3.8) is 0 Å². The molecule has 86 valence electrons. The Morgan fingerprint density at radius 2 is 1.67 bits per heavy atom. The standard InChI is InChI=1S/C14H25N/c1-10-8-11(13(2,3)4)15-12(9-10)14(5,6)7/h8,12H,9H2,1-7H3. The topological polar surface area (TPSA) is 12.4 Å². The third kappa shape index (κ3) is 3.19. The summed E-state index contributed by atoms with van der Waals surface area (Å²) in [5.41, 5.74) is 3.16. The maximum atomic E-state index is 4.92. The fraction of sp³-hybridized carbons (Fsp3) is 0.786. The molecule has 0 saturated heterocycles. The zero-order chi connectivity index (χ0) is 11.9. The fourth-order valence-corrected chi connectivity index (χ4v) is 1.76. The van der Waals surface area contributed by atoms with Crippen LogP contribution in [0.4, 0.5) is 0 Å². The molecule has 0 amide bonds. The van der Waals surface area contributed by atoms with E-state index in [-0.39, 0.29) is 10.8 Å². The average molecular weight is 207 g/mol. The van der Waals surface area contributed by atoms with E-state index in [0.717, 1.165) is 6.42 Å². The highest BCUT2D eigenvalue weighted by molar-refractivity contribution is 6.00. The van der Waals surface area contributed by atoms with Crippen LogP contribution in [0.15, 0.2) is 16.6 Å². The maximum Gasteiger partial charge on any atom is 0.0588 e. The highest BCUT2D eigenvalue weighted by atomic mass is 14.8. The Morgan fingerprint density at radius 1 is 1.13 bits per heavy atom. The predicted octanol–water partition coefficient (Wildman–Crippen LogP) is 4.24. The molecule has 0 saturated carbocycles. The van der Waals surface area contributed by atoms with Crippen molar-refractivity contribution >= 4 is 5.71 Å². The Bertz CT molecular complexity index is 294. The minimum atomic E-state index is 0.172. The van der Waals surface area contributed by atoms with Gasteiger partial charge in [0.2, 0.25) is 0 Å². The van der Waals surface area contributed by atoms with Gasteiger partial charge in [-0.3, -0.25) is 4.99 Å². The molecule has 0 aromatic rings. The minimum Gasteiger partial charge on any atom is -0.285 e. The Balaban J connectivity index is 3.02. The second-order valence-corrected chi connectivity index (χ2v) is 6.84. The number of dihydropyridines is 1. The number of rotatable bonds is 0. The summed E-state index contributed by atoms with van der Waals surface area (Å²) < 4.78 is 0. The van der Waals surface area contributed by atoms with Gasteiger partial charge in [-0.1, -0.05) is 47.1 Å². The Hall–Kier alpha value is -0.590. The summed E-state index contributed by atoms with van der Waals surface area (Å²) in [6, 6.07) is 0.441. The van der Waals surface area contributed by atoms with Crippen LogP contribution in [0.25, 0.3) is 0 Å². The van der Waals surface area contributed by atoms with Crippen LogP contribution in [0.1, 0.15) is 54.9 Å². The minimum absolute atomic E-state index is 0.172. The molecule has 1 aliphatic rings. The van der Waals surface area contributed by atoms with Gasteiger partial charge in [0.25, 0.3) is 0 Å². The van der Waals surface area contributed by atoms with Gasteiger partial charge in [-0.05, 0) is 24.8 Å². The summed E-state index contributed by atoms with van der Waals surface area (Å²) in [6.07, 6.45) is 3.38. The number of hydrogen-bond acceptors (Lipinski definition) is 1. The lowest BCUT2D eigenvalue weighted by Crippen LogP contribution is -2.32. The lowest BCUT2D eigenvalue weighted by Gasteiger charge is -2.33. The van der Waals surface area contributed by atoms with Crippen molar-refractivity contribution in [2.75, 3.05) is 0 Å². The van der Waals surface area contributed by atoms with Gasteiger partial charge >= 0.3 is 0 Å². The molecule has 0 radical (unpaired) electrons. The third-order valence-electron chi connectivity index (χ3n) is 2.96. The Labute approximate surface area is 94.7 Å². The van der Waals surface area contributed by atoms with Gasteiger partial charge in [-0.25, -0.2) is 0 Å². The van der Waals surface area contributed by atoms with Crippen LogP contribution in [0.2, 0.25) is 0 Å². The first-order valence-corrected chi connectivity index (χ1v) is 5.86. The highest BCUT2D eigenvalue weighted by Gasteiger charge is 2.29. The molecule has 0 spiro atoms. The molecule has 0 aromatic carbocycles. The SMILES string of the molecule is CC1=CC(C(C)(C)C)=NC(C(C)(C)C)C1.